The smallest absolute Gasteiger partial charge is 0.308 e. The number of aliphatic carboxylic acids is 1. The highest BCUT2D eigenvalue weighted by atomic mass is 16.7. The van der Waals surface area contributed by atoms with Gasteiger partial charge < -0.3 is 20.3 Å². The van der Waals surface area contributed by atoms with E-state index in [-0.39, 0.29) is 12.7 Å². The van der Waals surface area contributed by atoms with Gasteiger partial charge >= 0.3 is 5.97 Å². The summed E-state index contributed by atoms with van der Waals surface area (Å²) in [4.78, 5) is 14.1. The molecule has 0 saturated carbocycles. The molecule has 2 aromatic carbocycles. The molecule has 2 aromatic rings. The van der Waals surface area contributed by atoms with Gasteiger partial charge in [0.1, 0.15) is 0 Å². The average Bonchev–Trinajstić information content (AvgIpc) is 3.29. The lowest BCUT2D eigenvalue weighted by molar-refractivity contribution is -0.141. The summed E-state index contributed by atoms with van der Waals surface area (Å²) in [5, 5.41) is 9.72. The van der Waals surface area contributed by atoms with Crippen LogP contribution in [-0.2, 0) is 17.8 Å². The summed E-state index contributed by atoms with van der Waals surface area (Å²) in [6, 6.07) is 14.2. The summed E-state index contributed by atoms with van der Waals surface area (Å²) < 4.78 is 10.8. The molecule has 6 nitrogen and oxygen atoms in total. The molecule has 0 spiro atoms. The Balaban J connectivity index is 1.49. The lowest BCUT2D eigenvalue weighted by Gasteiger charge is -2.17. The number of hydrogen-bond donors (Lipinski definition) is 2. The number of carboxylic acid groups (broad SMARTS) is 1. The summed E-state index contributed by atoms with van der Waals surface area (Å²) in [7, 11) is 0. The van der Waals surface area contributed by atoms with Gasteiger partial charge in [-0.25, -0.2) is 0 Å². The van der Waals surface area contributed by atoms with Crippen LogP contribution in [0.25, 0.3) is 0 Å². The van der Waals surface area contributed by atoms with Gasteiger partial charge in [-0.1, -0.05) is 30.3 Å². The molecule has 2 aliphatic heterocycles. The first-order valence-electron chi connectivity index (χ1n) is 9.26. The second-order valence-corrected chi connectivity index (χ2v) is 7.21. The molecule has 142 valence electrons. The molecule has 0 bridgehead atoms. The number of hydrogen-bond acceptors (Lipinski definition) is 5. The maximum atomic E-state index is 11.8. The zero-order chi connectivity index (χ0) is 18.8. The first-order chi connectivity index (χ1) is 13.1. The molecular formula is C21H24N2O4. The Kier molecular flexibility index (Phi) is 5.01. The van der Waals surface area contributed by atoms with Crippen LogP contribution in [0, 0.1) is 5.92 Å². The van der Waals surface area contributed by atoms with E-state index in [9.17, 15) is 9.90 Å². The number of nitrogens with two attached hydrogens (primary N) is 1. The lowest BCUT2D eigenvalue weighted by atomic mass is 9.89. The topological polar surface area (TPSA) is 85.0 Å². The lowest BCUT2D eigenvalue weighted by Crippen LogP contribution is -2.23. The van der Waals surface area contributed by atoms with Crippen LogP contribution in [0.5, 0.6) is 11.5 Å². The SMILES string of the molecule is NCCc1ccc(CN2C[C@H](C(=O)O)[C@@H](c3ccc4c(c3)OCO4)C2)cc1. The van der Waals surface area contributed by atoms with E-state index in [2.05, 4.69) is 29.2 Å². The second-order valence-electron chi connectivity index (χ2n) is 7.21. The molecule has 1 saturated heterocycles. The van der Waals surface area contributed by atoms with Gasteiger partial charge in [-0.15, -0.1) is 0 Å². The Bertz CT molecular complexity index is 821. The normalized spacial score (nSPS) is 21.5. The molecule has 6 heteroatoms. The summed E-state index contributed by atoms with van der Waals surface area (Å²) >= 11 is 0. The van der Waals surface area contributed by atoms with Crippen molar-refractivity contribution in [2.24, 2.45) is 11.7 Å². The Morgan fingerprint density at radius 2 is 1.81 bits per heavy atom. The summed E-state index contributed by atoms with van der Waals surface area (Å²) in [5.74, 6) is 0.178. The minimum absolute atomic E-state index is 0.0616. The zero-order valence-electron chi connectivity index (χ0n) is 15.1. The van der Waals surface area contributed by atoms with Crippen LogP contribution < -0.4 is 15.2 Å². The number of likely N-dealkylation sites (tertiary alicyclic amines) is 1. The number of benzene rings is 2. The molecule has 27 heavy (non-hydrogen) atoms. The largest absolute Gasteiger partial charge is 0.481 e. The third-order valence-corrected chi connectivity index (χ3v) is 5.40. The van der Waals surface area contributed by atoms with Crippen molar-refractivity contribution >= 4 is 5.97 Å². The Labute approximate surface area is 158 Å². The molecule has 2 heterocycles. The fourth-order valence-corrected chi connectivity index (χ4v) is 3.98. The van der Waals surface area contributed by atoms with Crippen molar-refractivity contribution in [2.45, 2.75) is 18.9 Å². The Morgan fingerprint density at radius 1 is 1.07 bits per heavy atom. The van der Waals surface area contributed by atoms with E-state index in [1.54, 1.807) is 0 Å². The molecule has 4 rings (SSSR count). The summed E-state index contributed by atoms with van der Waals surface area (Å²) in [6.07, 6.45) is 0.872. The van der Waals surface area contributed by atoms with Crippen molar-refractivity contribution in [1.29, 1.82) is 0 Å². The number of rotatable bonds is 6. The molecule has 3 N–H and O–H groups in total. The van der Waals surface area contributed by atoms with Crippen molar-refractivity contribution in [3.63, 3.8) is 0 Å². The number of ether oxygens (including phenoxy) is 2. The van der Waals surface area contributed by atoms with E-state index in [1.165, 1.54) is 11.1 Å². The molecule has 0 unspecified atom stereocenters. The number of carbonyl (C=O) groups is 1. The first-order valence-corrected chi connectivity index (χ1v) is 9.26. The van der Waals surface area contributed by atoms with E-state index in [0.29, 0.717) is 25.4 Å². The monoisotopic (exact) mass is 368 g/mol. The van der Waals surface area contributed by atoms with Crippen LogP contribution in [0.15, 0.2) is 42.5 Å². The van der Waals surface area contributed by atoms with Crippen molar-refractivity contribution in [1.82, 2.24) is 4.90 Å². The highest BCUT2D eigenvalue weighted by molar-refractivity contribution is 5.72. The van der Waals surface area contributed by atoms with Crippen LogP contribution in [0.4, 0.5) is 0 Å². The summed E-state index contributed by atoms with van der Waals surface area (Å²) in [5.41, 5.74) is 9.00. The number of fused-ring (bicyclic) bond motifs is 1. The maximum absolute atomic E-state index is 11.8. The van der Waals surface area contributed by atoms with Crippen LogP contribution in [0.2, 0.25) is 0 Å². The van der Waals surface area contributed by atoms with Crippen molar-refractivity contribution in [3.8, 4) is 11.5 Å². The van der Waals surface area contributed by atoms with E-state index < -0.39 is 11.9 Å². The van der Waals surface area contributed by atoms with Crippen molar-refractivity contribution in [3.05, 3.63) is 59.2 Å². The van der Waals surface area contributed by atoms with Gasteiger partial charge in [0.05, 0.1) is 5.92 Å². The van der Waals surface area contributed by atoms with Crippen molar-refractivity contribution < 1.29 is 19.4 Å². The van der Waals surface area contributed by atoms with Crippen LogP contribution in [-0.4, -0.2) is 42.4 Å². The number of nitrogens with zero attached hydrogens (tertiary/aromatic N) is 1. The van der Waals surface area contributed by atoms with Crippen molar-refractivity contribution in [2.75, 3.05) is 26.4 Å². The average molecular weight is 368 g/mol. The molecule has 0 aromatic heterocycles. The quantitative estimate of drug-likeness (QED) is 0.813. The zero-order valence-corrected chi connectivity index (χ0v) is 15.1. The van der Waals surface area contributed by atoms with E-state index in [0.717, 1.165) is 24.3 Å². The standard InChI is InChI=1S/C21H24N2O4/c22-8-7-14-1-3-15(4-2-14)10-23-11-17(18(12-23)21(24)25)16-5-6-19-20(9-16)27-13-26-19/h1-6,9,17-18H,7-8,10-13,22H2,(H,24,25)/t17-,18+/m1/s1. The molecule has 0 aliphatic carbocycles. The highest BCUT2D eigenvalue weighted by Gasteiger charge is 2.39. The Morgan fingerprint density at radius 3 is 2.56 bits per heavy atom. The molecule has 2 aliphatic rings. The fraction of sp³-hybridized carbons (Fsp3) is 0.381. The van der Waals surface area contributed by atoms with E-state index in [1.807, 2.05) is 18.2 Å². The maximum Gasteiger partial charge on any atom is 0.308 e. The molecule has 2 atom stereocenters. The van der Waals surface area contributed by atoms with Crippen LogP contribution >= 0.6 is 0 Å². The van der Waals surface area contributed by atoms with Crippen LogP contribution in [0.3, 0.4) is 0 Å². The van der Waals surface area contributed by atoms with Gasteiger partial charge in [0.25, 0.3) is 0 Å². The molecule has 0 radical (unpaired) electrons. The van der Waals surface area contributed by atoms with Gasteiger partial charge in [0.15, 0.2) is 11.5 Å². The van der Waals surface area contributed by atoms with E-state index in [4.69, 9.17) is 15.2 Å². The molecule has 1 fully saturated rings. The highest BCUT2D eigenvalue weighted by Crippen LogP contribution is 2.39. The van der Waals surface area contributed by atoms with E-state index >= 15 is 0 Å². The molecular weight excluding hydrogens is 344 g/mol. The van der Waals surface area contributed by atoms with Gasteiger partial charge in [-0.2, -0.15) is 0 Å². The third kappa shape index (κ3) is 3.77. The Hall–Kier alpha value is -2.57. The minimum atomic E-state index is -0.751. The van der Waals surface area contributed by atoms with Gasteiger partial charge in [0.2, 0.25) is 6.79 Å². The first kappa shape index (κ1) is 17.8. The number of carboxylic acids is 1. The van der Waals surface area contributed by atoms with Gasteiger partial charge in [0, 0.05) is 25.6 Å². The predicted molar refractivity (Wildman–Crippen MR) is 101 cm³/mol. The fourth-order valence-electron chi connectivity index (χ4n) is 3.98. The third-order valence-electron chi connectivity index (χ3n) is 5.40. The second kappa shape index (κ2) is 7.58. The molecule has 0 amide bonds. The van der Waals surface area contributed by atoms with Gasteiger partial charge in [-0.05, 0) is 41.8 Å². The van der Waals surface area contributed by atoms with Gasteiger partial charge in [-0.3, -0.25) is 9.69 Å². The summed E-state index contributed by atoms with van der Waals surface area (Å²) in [6.45, 7) is 2.86. The van der Waals surface area contributed by atoms with Crippen LogP contribution in [0.1, 0.15) is 22.6 Å². The predicted octanol–water partition coefficient (Wildman–Crippen LogP) is 2.22. The minimum Gasteiger partial charge on any atom is -0.481 e.